The summed E-state index contributed by atoms with van der Waals surface area (Å²) in [5.41, 5.74) is 3.51. The summed E-state index contributed by atoms with van der Waals surface area (Å²) < 4.78 is 28.7. The molecule has 6 rings (SSSR count). The highest BCUT2D eigenvalue weighted by molar-refractivity contribution is 5.83. The number of aromatic nitrogens is 4. The van der Waals surface area contributed by atoms with Crippen molar-refractivity contribution < 1.29 is 19.0 Å². The molecule has 8 nitrogen and oxygen atoms in total. The smallest absolute Gasteiger partial charge is 0.170 e. The van der Waals surface area contributed by atoms with E-state index in [0.29, 0.717) is 48.2 Å². The second-order valence-electron chi connectivity index (χ2n) is 9.39. The Balaban J connectivity index is 1.50. The number of ether oxygens (including phenoxy) is 2. The first-order valence-electron chi connectivity index (χ1n) is 11.2. The van der Waals surface area contributed by atoms with E-state index in [1.807, 2.05) is 22.6 Å². The summed E-state index contributed by atoms with van der Waals surface area (Å²) in [4.78, 5) is 4.53. The Hall–Kier alpha value is -3.72. The highest BCUT2D eigenvalue weighted by Gasteiger charge is 2.32. The van der Waals surface area contributed by atoms with Gasteiger partial charge in [-0.25, -0.2) is 4.39 Å². The molecule has 0 spiro atoms. The van der Waals surface area contributed by atoms with Gasteiger partial charge in [0.2, 0.25) is 0 Å². The third kappa shape index (κ3) is 3.43. The van der Waals surface area contributed by atoms with Gasteiger partial charge in [-0.2, -0.15) is 0 Å². The quantitative estimate of drug-likeness (QED) is 0.480. The first kappa shape index (κ1) is 20.9. The maximum absolute atomic E-state index is 14.8. The molecule has 0 bridgehead atoms. The minimum atomic E-state index is -0.928. The van der Waals surface area contributed by atoms with Gasteiger partial charge in [0.1, 0.15) is 17.9 Å². The number of hydrogen-bond acceptors (Lipinski definition) is 7. The maximum Gasteiger partial charge on any atom is 0.170 e. The minimum absolute atomic E-state index is 0.0716. The van der Waals surface area contributed by atoms with Crippen LogP contribution in [0.4, 0.5) is 10.2 Å². The number of aliphatic hydroxyl groups is 1. The lowest BCUT2D eigenvalue weighted by atomic mass is 9.96. The number of hydrogen-bond donors (Lipinski definition) is 2. The molecule has 0 radical (unpaired) electrons. The molecule has 2 aliphatic rings. The van der Waals surface area contributed by atoms with Crippen molar-refractivity contribution in [3.63, 3.8) is 0 Å². The van der Waals surface area contributed by atoms with E-state index in [1.54, 1.807) is 32.4 Å². The first-order valence-corrected chi connectivity index (χ1v) is 11.2. The molecule has 0 saturated carbocycles. The van der Waals surface area contributed by atoms with E-state index in [0.717, 1.165) is 22.4 Å². The molecule has 1 aromatic carbocycles. The zero-order valence-corrected chi connectivity index (χ0v) is 18.9. The Bertz CT molecular complexity index is 1410. The van der Waals surface area contributed by atoms with Gasteiger partial charge in [-0.1, -0.05) is 6.07 Å². The van der Waals surface area contributed by atoms with Crippen LogP contribution >= 0.6 is 0 Å². The minimum Gasteiger partial charge on any atom is -0.493 e. The molecule has 0 aliphatic carbocycles. The lowest BCUT2D eigenvalue weighted by Crippen LogP contribution is -2.23. The zero-order valence-electron chi connectivity index (χ0n) is 18.9. The summed E-state index contributed by atoms with van der Waals surface area (Å²) in [6, 6.07) is 8.85. The van der Waals surface area contributed by atoms with Crippen molar-refractivity contribution in [3.05, 3.63) is 65.5 Å². The van der Waals surface area contributed by atoms with E-state index in [4.69, 9.17) is 9.47 Å². The van der Waals surface area contributed by atoms with Crippen LogP contribution < -0.4 is 14.8 Å². The number of nitrogens with zero attached hydrogens (tertiary/aromatic N) is 4. The Morgan fingerprint density at radius 3 is 2.82 bits per heavy atom. The summed E-state index contributed by atoms with van der Waals surface area (Å²) >= 11 is 0. The normalized spacial score (nSPS) is 17.0. The Morgan fingerprint density at radius 2 is 2.00 bits per heavy atom. The van der Waals surface area contributed by atoms with Crippen LogP contribution in [0.15, 0.2) is 42.9 Å². The third-order valence-electron chi connectivity index (χ3n) is 6.30. The molecule has 4 aromatic rings. The molecule has 2 N–H and O–H groups in total. The molecule has 1 atom stereocenters. The molecule has 9 heteroatoms. The third-order valence-corrected chi connectivity index (χ3v) is 6.30. The number of fused-ring (bicyclic) bond motifs is 3. The molecule has 5 heterocycles. The van der Waals surface area contributed by atoms with Gasteiger partial charge in [0.05, 0.1) is 30.4 Å². The SMILES string of the molecule is CC(C)(O)Cc1ncccc1-c1cc2c(n3cnnc13)NCc1c(F)ccc3c1[C@@H](CO3)CO2. The van der Waals surface area contributed by atoms with E-state index in [2.05, 4.69) is 20.5 Å². The Labute approximate surface area is 195 Å². The average molecular weight is 461 g/mol. The summed E-state index contributed by atoms with van der Waals surface area (Å²) in [5.74, 6) is 1.61. The average Bonchev–Trinajstić information content (AvgIpc) is 3.44. The summed E-state index contributed by atoms with van der Waals surface area (Å²) in [6.07, 6.45) is 3.69. The van der Waals surface area contributed by atoms with Crippen LogP contribution in [0, 0.1) is 5.82 Å². The van der Waals surface area contributed by atoms with Crippen LogP contribution in [0.3, 0.4) is 0 Å². The maximum atomic E-state index is 14.8. The highest BCUT2D eigenvalue weighted by atomic mass is 19.1. The monoisotopic (exact) mass is 461 g/mol. The number of halogens is 1. The topological polar surface area (TPSA) is 93.8 Å². The predicted molar refractivity (Wildman–Crippen MR) is 124 cm³/mol. The van der Waals surface area contributed by atoms with Crippen LogP contribution in [0.1, 0.15) is 36.6 Å². The van der Waals surface area contributed by atoms with Crippen molar-refractivity contribution in [1.82, 2.24) is 19.6 Å². The van der Waals surface area contributed by atoms with Crippen LogP contribution in [0.25, 0.3) is 16.8 Å². The van der Waals surface area contributed by atoms with Gasteiger partial charge in [-0.3, -0.25) is 9.38 Å². The Morgan fingerprint density at radius 1 is 1.18 bits per heavy atom. The fourth-order valence-corrected chi connectivity index (χ4v) is 4.82. The van der Waals surface area contributed by atoms with E-state index in [-0.39, 0.29) is 18.3 Å². The highest BCUT2D eigenvalue weighted by Crippen LogP contribution is 2.42. The molecule has 0 amide bonds. The van der Waals surface area contributed by atoms with Crippen LogP contribution in [-0.4, -0.2) is 43.5 Å². The fourth-order valence-electron chi connectivity index (χ4n) is 4.82. The number of pyridine rings is 2. The molecule has 0 fully saturated rings. The van der Waals surface area contributed by atoms with Gasteiger partial charge in [-0.05, 0) is 38.1 Å². The van der Waals surface area contributed by atoms with E-state index in [9.17, 15) is 9.50 Å². The largest absolute Gasteiger partial charge is 0.493 e. The van der Waals surface area contributed by atoms with Crippen molar-refractivity contribution >= 4 is 11.5 Å². The van der Waals surface area contributed by atoms with Crippen molar-refractivity contribution in [2.75, 3.05) is 18.5 Å². The zero-order chi connectivity index (χ0) is 23.4. The second-order valence-corrected chi connectivity index (χ2v) is 9.39. The van der Waals surface area contributed by atoms with Gasteiger partial charge >= 0.3 is 0 Å². The van der Waals surface area contributed by atoms with Crippen molar-refractivity contribution in [2.24, 2.45) is 0 Å². The number of anilines is 1. The molecule has 3 aromatic heterocycles. The van der Waals surface area contributed by atoms with Crippen LogP contribution in [0.2, 0.25) is 0 Å². The van der Waals surface area contributed by atoms with Gasteiger partial charge in [0.25, 0.3) is 0 Å². The van der Waals surface area contributed by atoms with E-state index in [1.165, 1.54) is 6.07 Å². The summed E-state index contributed by atoms with van der Waals surface area (Å²) in [7, 11) is 0. The fraction of sp³-hybridized carbons (Fsp3) is 0.320. The van der Waals surface area contributed by atoms with Crippen LogP contribution in [0.5, 0.6) is 11.5 Å². The summed E-state index contributed by atoms with van der Waals surface area (Å²) in [6.45, 7) is 4.57. The molecule has 0 saturated heterocycles. The second kappa shape index (κ2) is 7.66. The molecule has 34 heavy (non-hydrogen) atoms. The van der Waals surface area contributed by atoms with Crippen molar-refractivity contribution in [3.8, 4) is 22.6 Å². The molecule has 0 unspecified atom stereocenters. The van der Waals surface area contributed by atoms with Crippen molar-refractivity contribution in [1.29, 1.82) is 0 Å². The van der Waals surface area contributed by atoms with Gasteiger partial charge < -0.3 is 19.9 Å². The van der Waals surface area contributed by atoms with E-state index >= 15 is 0 Å². The lowest BCUT2D eigenvalue weighted by Gasteiger charge is -2.20. The summed E-state index contributed by atoms with van der Waals surface area (Å²) in [5, 5.41) is 22.3. The number of nitrogens with one attached hydrogen (secondary N) is 1. The standard InChI is InChI=1S/C25H24FN5O3/c1-25(2,32)9-19-15(4-3-7-27-19)16-8-21-24(31-13-29-30-23(16)31)28-10-17-18(26)5-6-20-22(17)14(11-33-20)12-34-21/h3-8,13-14,28,32H,9-12H2,1-2H3/t14-/m0/s1. The number of rotatable bonds is 3. The molecule has 174 valence electrons. The van der Waals surface area contributed by atoms with Crippen LogP contribution in [-0.2, 0) is 13.0 Å². The number of benzene rings is 1. The lowest BCUT2D eigenvalue weighted by molar-refractivity contribution is 0.0801. The predicted octanol–water partition coefficient (Wildman–Crippen LogP) is 3.72. The van der Waals surface area contributed by atoms with Gasteiger partial charge in [0, 0.05) is 41.4 Å². The van der Waals surface area contributed by atoms with Gasteiger partial charge in [0.15, 0.2) is 17.2 Å². The van der Waals surface area contributed by atoms with Gasteiger partial charge in [-0.15, -0.1) is 10.2 Å². The first-order chi connectivity index (χ1) is 16.4. The van der Waals surface area contributed by atoms with Crippen molar-refractivity contribution in [2.45, 2.75) is 38.3 Å². The Kier molecular flexibility index (Phi) is 4.70. The molecule has 2 aliphatic heterocycles. The van der Waals surface area contributed by atoms with E-state index < -0.39 is 5.60 Å². The molecular weight excluding hydrogens is 437 g/mol. The molecular formula is C25H24FN5O3.